The summed E-state index contributed by atoms with van der Waals surface area (Å²) in [5.74, 6) is -0.0855. The second-order valence-electron chi connectivity index (χ2n) is 5.23. The first-order valence-electron chi connectivity index (χ1n) is 6.84. The number of hydrogen-bond acceptors (Lipinski definition) is 3. The molecule has 1 amide bonds. The molecule has 0 spiro atoms. The third-order valence-electron chi connectivity index (χ3n) is 3.69. The number of carbonyl (C=O) groups is 1. The molecule has 0 saturated heterocycles. The van der Waals surface area contributed by atoms with Crippen molar-refractivity contribution in [2.24, 2.45) is 5.92 Å². The highest BCUT2D eigenvalue weighted by atomic mass is 79.9. The standard InChI is InChI=1S/C14H16BrClN2O3/c15-10-4-1-3-9(7-10)8-17-14(19)13-11(16)5-2-6-12(13)18(20)21/h2,5-6,9-10H,1,3-4,7-8H2,(H,17,19). The third-order valence-corrected chi connectivity index (χ3v) is 4.83. The predicted octanol–water partition coefficient (Wildman–Crippen LogP) is 3.93. The zero-order chi connectivity index (χ0) is 15.4. The van der Waals surface area contributed by atoms with E-state index in [-0.39, 0.29) is 16.3 Å². The van der Waals surface area contributed by atoms with Gasteiger partial charge in [-0.1, -0.05) is 40.0 Å². The van der Waals surface area contributed by atoms with Crippen LogP contribution in [0.4, 0.5) is 5.69 Å². The summed E-state index contributed by atoms with van der Waals surface area (Å²) in [6.45, 7) is 0.517. The predicted molar refractivity (Wildman–Crippen MR) is 85.1 cm³/mol. The van der Waals surface area contributed by atoms with E-state index in [1.54, 1.807) is 0 Å². The van der Waals surface area contributed by atoms with Crippen LogP contribution in [-0.4, -0.2) is 22.2 Å². The van der Waals surface area contributed by atoms with E-state index in [0.717, 1.165) is 25.7 Å². The monoisotopic (exact) mass is 374 g/mol. The van der Waals surface area contributed by atoms with Gasteiger partial charge < -0.3 is 5.32 Å². The molecule has 0 radical (unpaired) electrons. The highest BCUT2D eigenvalue weighted by molar-refractivity contribution is 9.09. The second-order valence-corrected chi connectivity index (χ2v) is 6.93. The van der Waals surface area contributed by atoms with E-state index in [1.807, 2.05) is 0 Å². The van der Waals surface area contributed by atoms with Crippen LogP contribution in [-0.2, 0) is 0 Å². The van der Waals surface area contributed by atoms with Gasteiger partial charge in [-0.05, 0) is 31.2 Å². The molecule has 0 heterocycles. The van der Waals surface area contributed by atoms with Gasteiger partial charge >= 0.3 is 0 Å². The number of nitro benzene ring substituents is 1. The molecule has 7 heteroatoms. The summed E-state index contributed by atoms with van der Waals surface area (Å²) >= 11 is 9.54. The van der Waals surface area contributed by atoms with Crippen molar-refractivity contribution in [3.8, 4) is 0 Å². The Morgan fingerprint density at radius 1 is 1.48 bits per heavy atom. The first-order chi connectivity index (χ1) is 9.99. The van der Waals surface area contributed by atoms with Crippen LogP contribution in [0.25, 0.3) is 0 Å². The molecular weight excluding hydrogens is 360 g/mol. The summed E-state index contributed by atoms with van der Waals surface area (Å²) in [5, 5.41) is 13.9. The van der Waals surface area contributed by atoms with Crippen LogP contribution < -0.4 is 5.32 Å². The molecule has 5 nitrogen and oxygen atoms in total. The van der Waals surface area contributed by atoms with Gasteiger partial charge in [0.2, 0.25) is 0 Å². The Balaban J connectivity index is 2.05. The largest absolute Gasteiger partial charge is 0.351 e. The van der Waals surface area contributed by atoms with Crippen molar-refractivity contribution in [3.63, 3.8) is 0 Å². The minimum Gasteiger partial charge on any atom is -0.351 e. The summed E-state index contributed by atoms with van der Waals surface area (Å²) in [4.78, 5) is 23.1. The number of nitrogens with zero attached hydrogens (tertiary/aromatic N) is 1. The van der Waals surface area contributed by atoms with Gasteiger partial charge in [0.05, 0.1) is 9.95 Å². The minimum absolute atomic E-state index is 0.0598. The molecule has 0 aromatic heterocycles. The molecule has 2 rings (SSSR count). The van der Waals surface area contributed by atoms with Crippen molar-refractivity contribution in [3.05, 3.63) is 38.9 Å². The Hall–Kier alpha value is -1.14. The van der Waals surface area contributed by atoms with Gasteiger partial charge in [0, 0.05) is 17.4 Å². The molecule has 1 aromatic carbocycles. The number of nitrogens with one attached hydrogen (secondary N) is 1. The summed E-state index contributed by atoms with van der Waals surface area (Å²) in [7, 11) is 0. The first-order valence-corrected chi connectivity index (χ1v) is 8.13. The van der Waals surface area contributed by atoms with E-state index in [1.165, 1.54) is 18.2 Å². The molecule has 114 valence electrons. The third kappa shape index (κ3) is 4.17. The zero-order valence-corrected chi connectivity index (χ0v) is 13.7. The molecule has 1 saturated carbocycles. The summed E-state index contributed by atoms with van der Waals surface area (Å²) in [5.41, 5.74) is -0.322. The average Bonchev–Trinajstić information content (AvgIpc) is 2.44. The van der Waals surface area contributed by atoms with Crippen LogP contribution in [0.5, 0.6) is 0 Å². The van der Waals surface area contributed by atoms with Crippen LogP contribution in [0.3, 0.4) is 0 Å². The molecular formula is C14H16BrClN2O3. The van der Waals surface area contributed by atoms with Gasteiger partial charge in [0.15, 0.2) is 0 Å². The van der Waals surface area contributed by atoms with E-state index in [0.29, 0.717) is 17.3 Å². The summed E-state index contributed by atoms with van der Waals surface area (Å²) in [6.07, 6.45) is 4.35. The van der Waals surface area contributed by atoms with Crippen LogP contribution in [0.2, 0.25) is 5.02 Å². The SMILES string of the molecule is O=C(NCC1CCCC(Br)C1)c1c(Cl)cccc1[N+](=O)[O-]. The lowest BCUT2D eigenvalue weighted by atomic mass is 9.89. The van der Waals surface area contributed by atoms with Crippen LogP contribution in [0.15, 0.2) is 18.2 Å². The fourth-order valence-corrected chi connectivity index (χ4v) is 3.73. The maximum absolute atomic E-state index is 12.2. The Bertz CT molecular complexity index is 553. The molecule has 2 unspecified atom stereocenters. The lowest BCUT2D eigenvalue weighted by Crippen LogP contribution is -2.32. The van der Waals surface area contributed by atoms with Crippen molar-refractivity contribution in [2.45, 2.75) is 30.5 Å². The van der Waals surface area contributed by atoms with E-state index in [2.05, 4.69) is 21.2 Å². The number of benzene rings is 1. The molecule has 21 heavy (non-hydrogen) atoms. The Kier molecular flexibility index (Phi) is 5.58. The number of halogens is 2. The number of alkyl halides is 1. The van der Waals surface area contributed by atoms with Gasteiger partial charge in [-0.15, -0.1) is 0 Å². The van der Waals surface area contributed by atoms with Crippen LogP contribution >= 0.6 is 27.5 Å². The fourth-order valence-electron chi connectivity index (χ4n) is 2.63. The molecule has 0 aliphatic heterocycles. The van der Waals surface area contributed by atoms with Crippen LogP contribution in [0.1, 0.15) is 36.0 Å². The van der Waals surface area contributed by atoms with E-state index in [9.17, 15) is 14.9 Å². The first kappa shape index (κ1) is 16.2. The van der Waals surface area contributed by atoms with Gasteiger partial charge in [-0.2, -0.15) is 0 Å². The molecule has 1 aliphatic rings. The number of hydrogen-bond donors (Lipinski definition) is 1. The molecule has 1 fully saturated rings. The van der Waals surface area contributed by atoms with Gasteiger partial charge in [-0.25, -0.2) is 0 Å². The van der Waals surface area contributed by atoms with Crippen molar-refractivity contribution in [2.75, 3.05) is 6.54 Å². The highest BCUT2D eigenvalue weighted by Gasteiger charge is 2.25. The van der Waals surface area contributed by atoms with Gasteiger partial charge in [0.1, 0.15) is 5.56 Å². The number of rotatable bonds is 4. The Labute approximate surface area is 136 Å². The maximum atomic E-state index is 12.2. The molecule has 2 atom stereocenters. The van der Waals surface area contributed by atoms with Crippen molar-refractivity contribution in [1.29, 1.82) is 0 Å². The van der Waals surface area contributed by atoms with E-state index < -0.39 is 10.8 Å². The summed E-state index contributed by atoms with van der Waals surface area (Å²) in [6, 6.07) is 4.24. The maximum Gasteiger partial charge on any atom is 0.283 e. The number of nitro groups is 1. The van der Waals surface area contributed by atoms with E-state index in [4.69, 9.17) is 11.6 Å². The van der Waals surface area contributed by atoms with Gasteiger partial charge in [0.25, 0.3) is 11.6 Å². The number of carbonyl (C=O) groups excluding carboxylic acids is 1. The number of amides is 1. The lowest BCUT2D eigenvalue weighted by Gasteiger charge is -2.25. The quantitative estimate of drug-likeness (QED) is 0.492. The summed E-state index contributed by atoms with van der Waals surface area (Å²) < 4.78 is 0. The Morgan fingerprint density at radius 2 is 2.24 bits per heavy atom. The Morgan fingerprint density at radius 3 is 2.90 bits per heavy atom. The van der Waals surface area contributed by atoms with Crippen molar-refractivity contribution in [1.82, 2.24) is 5.32 Å². The second kappa shape index (κ2) is 7.22. The lowest BCUT2D eigenvalue weighted by molar-refractivity contribution is -0.385. The highest BCUT2D eigenvalue weighted by Crippen LogP contribution is 2.29. The fraction of sp³-hybridized carbons (Fsp3) is 0.500. The molecule has 0 bridgehead atoms. The molecule has 1 N–H and O–H groups in total. The minimum atomic E-state index is -0.587. The molecule has 1 aromatic rings. The van der Waals surface area contributed by atoms with E-state index >= 15 is 0 Å². The smallest absolute Gasteiger partial charge is 0.283 e. The van der Waals surface area contributed by atoms with Crippen LogP contribution in [0, 0.1) is 16.0 Å². The molecule has 1 aliphatic carbocycles. The van der Waals surface area contributed by atoms with Crippen molar-refractivity contribution < 1.29 is 9.72 Å². The van der Waals surface area contributed by atoms with Crippen molar-refractivity contribution >= 4 is 39.1 Å². The average molecular weight is 376 g/mol. The zero-order valence-electron chi connectivity index (χ0n) is 11.4. The normalized spacial score (nSPS) is 21.8. The van der Waals surface area contributed by atoms with Gasteiger partial charge in [-0.3, -0.25) is 14.9 Å². The topological polar surface area (TPSA) is 72.2 Å².